The maximum Gasteiger partial charge on any atom is 0.174 e. The maximum absolute atomic E-state index is 10.7. The number of fused-ring (bicyclic) bond motifs is 1. The van der Waals surface area contributed by atoms with Crippen LogP contribution in [0.1, 0.15) is 42.6 Å². The minimum Gasteiger partial charge on any atom is -0.494 e. The van der Waals surface area contributed by atoms with Gasteiger partial charge >= 0.3 is 0 Å². The molecule has 5 unspecified atom stereocenters. The number of hydrogen-bond donors (Lipinski definition) is 2. The van der Waals surface area contributed by atoms with Gasteiger partial charge in [0.05, 0.1) is 12.7 Å². The first kappa shape index (κ1) is 20.6. The third-order valence-electron chi connectivity index (χ3n) is 6.14. The number of methoxy groups -OCH3 is 1. The van der Waals surface area contributed by atoms with Crippen LogP contribution in [-0.2, 0) is 15.9 Å². The fourth-order valence-electron chi connectivity index (χ4n) is 4.39. The Bertz CT molecular complexity index is 851. The summed E-state index contributed by atoms with van der Waals surface area (Å²) in [5.41, 5.74) is 2.81. The number of hydrogen-bond acceptors (Lipinski definition) is 5. The Morgan fingerprint density at radius 1 is 1.14 bits per heavy atom. The van der Waals surface area contributed by atoms with Crippen molar-refractivity contribution in [2.75, 3.05) is 13.7 Å². The van der Waals surface area contributed by atoms with Crippen LogP contribution in [0, 0.1) is 5.92 Å². The topological polar surface area (TPSA) is 68.2 Å². The second-order valence-electron chi connectivity index (χ2n) is 7.79. The highest BCUT2D eigenvalue weighted by Gasteiger charge is 2.60. The zero-order chi connectivity index (χ0) is 20.6. The molecule has 2 fully saturated rings. The molecule has 0 bridgehead atoms. The van der Waals surface area contributed by atoms with E-state index in [1.807, 2.05) is 49.4 Å². The molecule has 5 nitrogen and oxygen atoms in total. The van der Waals surface area contributed by atoms with Gasteiger partial charge in [-0.15, -0.1) is 0 Å². The van der Waals surface area contributed by atoms with Crippen molar-refractivity contribution >= 4 is 11.6 Å². The second kappa shape index (κ2) is 8.25. The van der Waals surface area contributed by atoms with Crippen molar-refractivity contribution < 1.29 is 24.4 Å². The van der Waals surface area contributed by atoms with Crippen LogP contribution in [0.15, 0.2) is 42.5 Å². The summed E-state index contributed by atoms with van der Waals surface area (Å²) in [6.07, 6.45) is -0.431. The Labute approximate surface area is 176 Å². The lowest BCUT2D eigenvalue weighted by molar-refractivity contribution is -0.380. The summed E-state index contributed by atoms with van der Waals surface area (Å²) in [7, 11) is 1.59. The van der Waals surface area contributed by atoms with Crippen LogP contribution in [0.2, 0.25) is 5.02 Å². The molecule has 0 amide bonds. The van der Waals surface area contributed by atoms with Gasteiger partial charge in [0.2, 0.25) is 0 Å². The molecule has 2 aromatic rings. The Balaban J connectivity index is 1.57. The molecule has 2 aromatic carbocycles. The van der Waals surface area contributed by atoms with E-state index in [4.69, 9.17) is 25.8 Å². The van der Waals surface area contributed by atoms with Crippen molar-refractivity contribution in [3.8, 4) is 5.75 Å². The lowest BCUT2D eigenvalue weighted by Crippen LogP contribution is -2.64. The zero-order valence-electron chi connectivity index (χ0n) is 16.7. The van der Waals surface area contributed by atoms with Crippen LogP contribution in [-0.4, -0.2) is 41.9 Å². The Kier molecular flexibility index (Phi) is 5.87. The molecular formula is C23H27ClO5. The van der Waals surface area contributed by atoms with E-state index in [1.165, 1.54) is 0 Å². The van der Waals surface area contributed by atoms with E-state index in [2.05, 4.69) is 0 Å². The molecule has 1 saturated carbocycles. The van der Waals surface area contributed by atoms with Gasteiger partial charge in [-0.3, -0.25) is 0 Å². The van der Waals surface area contributed by atoms with Crippen molar-refractivity contribution in [3.63, 3.8) is 0 Å². The molecule has 1 aliphatic carbocycles. The molecule has 0 radical (unpaired) electrons. The van der Waals surface area contributed by atoms with E-state index >= 15 is 0 Å². The predicted molar refractivity (Wildman–Crippen MR) is 110 cm³/mol. The first-order valence-corrected chi connectivity index (χ1v) is 10.4. The number of ether oxygens (including phenoxy) is 3. The first-order valence-electron chi connectivity index (χ1n) is 10.1. The Morgan fingerprint density at radius 3 is 2.52 bits per heavy atom. The molecule has 1 aliphatic heterocycles. The van der Waals surface area contributed by atoms with Crippen LogP contribution in [0.4, 0.5) is 0 Å². The van der Waals surface area contributed by atoms with Gasteiger partial charge < -0.3 is 24.4 Å². The second-order valence-corrected chi connectivity index (χ2v) is 8.19. The highest BCUT2D eigenvalue weighted by Crippen LogP contribution is 2.53. The van der Waals surface area contributed by atoms with E-state index in [0.29, 0.717) is 24.5 Å². The fourth-order valence-corrected chi connectivity index (χ4v) is 4.57. The summed E-state index contributed by atoms with van der Waals surface area (Å²) < 4.78 is 17.3. The average molecular weight is 419 g/mol. The van der Waals surface area contributed by atoms with Crippen molar-refractivity contribution in [3.05, 3.63) is 64.2 Å². The quantitative estimate of drug-likeness (QED) is 0.745. The van der Waals surface area contributed by atoms with Gasteiger partial charge in [0, 0.05) is 24.5 Å². The Hall–Kier alpha value is -1.63. The van der Waals surface area contributed by atoms with Gasteiger partial charge in [0.1, 0.15) is 18.0 Å². The summed E-state index contributed by atoms with van der Waals surface area (Å²) in [5.74, 6) is -0.184. The van der Waals surface area contributed by atoms with Crippen LogP contribution >= 0.6 is 11.6 Å². The van der Waals surface area contributed by atoms with Crippen molar-refractivity contribution in [2.45, 2.75) is 50.3 Å². The molecule has 6 heteroatoms. The SMILES string of the molecule is CCOc1ccc(Cc2cc(C3OC4(OC)CCC4C(O)C3O)ccc2Cl)cc1. The minimum atomic E-state index is -1.01. The molecule has 2 N–H and O–H groups in total. The molecule has 29 heavy (non-hydrogen) atoms. The molecule has 1 saturated heterocycles. The van der Waals surface area contributed by atoms with Crippen LogP contribution in [0.25, 0.3) is 0 Å². The van der Waals surface area contributed by atoms with Gasteiger partial charge in [-0.25, -0.2) is 0 Å². The molecule has 1 heterocycles. The third-order valence-corrected chi connectivity index (χ3v) is 6.51. The third kappa shape index (κ3) is 3.78. The molecule has 4 rings (SSSR count). The molecule has 156 valence electrons. The zero-order valence-corrected chi connectivity index (χ0v) is 17.4. The van der Waals surface area contributed by atoms with Gasteiger partial charge in [-0.2, -0.15) is 0 Å². The van der Waals surface area contributed by atoms with Gasteiger partial charge in [0.15, 0.2) is 5.79 Å². The highest BCUT2D eigenvalue weighted by atomic mass is 35.5. The van der Waals surface area contributed by atoms with Crippen LogP contribution < -0.4 is 4.74 Å². The van der Waals surface area contributed by atoms with E-state index in [9.17, 15) is 10.2 Å². The van der Waals surface area contributed by atoms with Crippen molar-refractivity contribution in [1.29, 1.82) is 0 Å². The summed E-state index contributed by atoms with van der Waals surface area (Å²) in [6, 6.07) is 13.5. The van der Waals surface area contributed by atoms with Crippen LogP contribution in [0.3, 0.4) is 0 Å². The minimum absolute atomic E-state index is 0.200. The molecular weight excluding hydrogens is 392 g/mol. The number of aliphatic hydroxyl groups excluding tert-OH is 2. The summed E-state index contributed by atoms with van der Waals surface area (Å²) in [6.45, 7) is 2.59. The largest absolute Gasteiger partial charge is 0.494 e. The monoisotopic (exact) mass is 418 g/mol. The summed E-state index contributed by atoms with van der Waals surface area (Å²) in [5, 5.41) is 21.9. The summed E-state index contributed by atoms with van der Waals surface area (Å²) in [4.78, 5) is 0. The van der Waals surface area contributed by atoms with E-state index in [0.717, 1.165) is 28.9 Å². The van der Waals surface area contributed by atoms with E-state index in [-0.39, 0.29) is 5.92 Å². The Morgan fingerprint density at radius 2 is 1.90 bits per heavy atom. The number of halogens is 1. The normalized spacial score (nSPS) is 31.1. The highest BCUT2D eigenvalue weighted by molar-refractivity contribution is 6.31. The predicted octanol–water partition coefficient (Wildman–Crippen LogP) is 3.88. The van der Waals surface area contributed by atoms with Crippen molar-refractivity contribution in [1.82, 2.24) is 0 Å². The van der Waals surface area contributed by atoms with E-state index < -0.39 is 24.1 Å². The lowest BCUT2D eigenvalue weighted by Gasteiger charge is -2.56. The average Bonchev–Trinajstić information content (AvgIpc) is 2.70. The number of benzene rings is 2. The standard InChI is InChI=1S/C23H27ClO5/c1-3-28-17-7-4-14(5-8-17)12-16-13-15(6-9-19(16)24)22-21(26)20(25)18-10-11-23(18,27-2)29-22/h4-9,13,18,20-22,25-26H,3,10-12H2,1-2H3. The fraction of sp³-hybridized carbons (Fsp3) is 0.478. The molecule has 2 aliphatic rings. The van der Waals surface area contributed by atoms with Gasteiger partial charge in [-0.1, -0.05) is 35.9 Å². The number of aliphatic hydroxyl groups is 2. The number of rotatable bonds is 6. The molecule has 0 spiro atoms. The summed E-state index contributed by atoms with van der Waals surface area (Å²) >= 11 is 6.45. The molecule has 0 aromatic heterocycles. The molecule has 5 atom stereocenters. The smallest absolute Gasteiger partial charge is 0.174 e. The van der Waals surface area contributed by atoms with Gasteiger partial charge in [-0.05, 0) is 54.7 Å². The first-order chi connectivity index (χ1) is 14.0. The van der Waals surface area contributed by atoms with Crippen molar-refractivity contribution in [2.24, 2.45) is 5.92 Å². The van der Waals surface area contributed by atoms with E-state index in [1.54, 1.807) is 7.11 Å². The van der Waals surface area contributed by atoms with Crippen LogP contribution in [0.5, 0.6) is 5.75 Å². The maximum atomic E-state index is 10.7. The van der Waals surface area contributed by atoms with Gasteiger partial charge in [0.25, 0.3) is 0 Å². The lowest BCUT2D eigenvalue weighted by atomic mass is 9.69.